The van der Waals surface area contributed by atoms with E-state index in [4.69, 9.17) is 0 Å². The number of carbonyl (C=O) groups excluding carboxylic acids is 3. The first kappa shape index (κ1) is 17.9. The first-order valence-corrected chi connectivity index (χ1v) is 8.82. The number of Topliss-reactive ketones (excluding diaryl/α,β-unsaturated/α-hetero) is 1. The topological polar surface area (TPSA) is 75.3 Å². The molecule has 2 amide bonds. The Labute approximate surface area is 152 Å². The fourth-order valence-corrected chi connectivity index (χ4v) is 2.57. The van der Waals surface area contributed by atoms with Gasteiger partial charge in [-0.3, -0.25) is 14.4 Å². The summed E-state index contributed by atoms with van der Waals surface area (Å²) in [6.07, 6.45) is 2.30. The van der Waals surface area contributed by atoms with Gasteiger partial charge in [0.15, 0.2) is 5.78 Å². The highest BCUT2D eigenvalue weighted by molar-refractivity contribution is 6.01. The maximum Gasteiger partial charge on any atom is 0.251 e. The number of hydrogen-bond acceptors (Lipinski definition) is 3. The van der Waals surface area contributed by atoms with Crippen molar-refractivity contribution in [2.75, 3.05) is 5.32 Å². The van der Waals surface area contributed by atoms with Gasteiger partial charge in [0.2, 0.25) is 5.91 Å². The van der Waals surface area contributed by atoms with Crippen molar-refractivity contribution in [2.45, 2.75) is 38.6 Å². The minimum absolute atomic E-state index is 0.0577. The van der Waals surface area contributed by atoms with Gasteiger partial charge in [0.05, 0.1) is 0 Å². The van der Waals surface area contributed by atoms with E-state index in [1.165, 1.54) is 0 Å². The highest BCUT2D eigenvalue weighted by Crippen LogP contribution is 2.20. The summed E-state index contributed by atoms with van der Waals surface area (Å²) >= 11 is 0. The molecular weight excluding hydrogens is 328 g/mol. The summed E-state index contributed by atoms with van der Waals surface area (Å²) in [5.41, 5.74) is 2.78. The molecule has 5 heteroatoms. The number of nitrogens with one attached hydrogen (secondary N) is 2. The normalized spacial score (nSPS) is 13.1. The molecule has 0 aromatic heterocycles. The van der Waals surface area contributed by atoms with Gasteiger partial charge in [-0.1, -0.05) is 35.9 Å². The number of carbonyl (C=O) groups is 3. The SMILES string of the molecule is Cc1ccc(C(=O)CCC(=O)Nc2cccc(C(=O)NC3CC3)c2)cc1. The van der Waals surface area contributed by atoms with Crippen molar-refractivity contribution in [2.24, 2.45) is 0 Å². The van der Waals surface area contributed by atoms with Crippen LogP contribution in [0.15, 0.2) is 48.5 Å². The van der Waals surface area contributed by atoms with Crippen LogP contribution < -0.4 is 10.6 Å². The van der Waals surface area contributed by atoms with Crippen LogP contribution in [0, 0.1) is 6.92 Å². The molecule has 0 bridgehead atoms. The zero-order valence-corrected chi connectivity index (χ0v) is 14.7. The van der Waals surface area contributed by atoms with Gasteiger partial charge < -0.3 is 10.6 Å². The highest BCUT2D eigenvalue weighted by atomic mass is 16.2. The van der Waals surface area contributed by atoms with Gasteiger partial charge in [0.25, 0.3) is 5.91 Å². The van der Waals surface area contributed by atoms with Crippen molar-refractivity contribution in [1.82, 2.24) is 5.32 Å². The van der Waals surface area contributed by atoms with Crippen molar-refractivity contribution in [1.29, 1.82) is 0 Å². The molecule has 0 radical (unpaired) electrons. The van der Waals surface area contributed by atoms with Crippen molar-refractivity contribution in [3.05, 3.63) is 65.2 Å². The van der Waals surface area contributed by atoms with E-state index in [-0.39, 0.29) is 36.5 Å². The van der Waals surface area contributed by atoms with Gasteiger partial charge in [0, 0.05) is 35.7 Å². The molecule has 0 spiro atoms. The number of hydrogen-bond donors (Lipinski definition) is 2. The van der Waals surface area contributed by atoms with Crippen LogP contribution >= 0.6 is 0 Å². The second kappa shape index (κ2) is 7.95. The number of ketones is 1. The fourth-order valence-electron chi connectivity index (χ4n) is 2.57. The molecule has 5 nitrogen and oxygen atoms in total. The van der Waals surface area contributed by atoms with E-state index in [0.717, 1.165) is 18.4 Å². The molecule has 134 valence electrons. The summed E-state index contributed by atoms with van der Waals surface area (Å²) in [5.74, 6) is -0.430. The Kier molecular flexibility index (Phi) is 5.46. The maximum atomic E-state index is 12.1. The first-order valence-electron chi connectivity index (χ1n) is 8.82. The molecule has 2 aromatic carbocycles. The van der Waals surface area contributed by atoms with Crippen LogP contribution in [0.3, 0.4) is 0 Å². The standard InChI is InChI=1S/C21H22N2O3/c1-14-5-7-15(8-6-14)19(24)11-12-20(25)22-18-4-2-3-16(13-18)21(26)23-17-9-10-17/h2-8,13,17H,9-12H2,1H3,(H,22,25)(H,23,26). The van der Waals surface area contributed by atoms with E-state index in [0.29, 0.717) is 16.8 Å². The molecule has 1 fully saturated rings. The molecular formula is C21H22N2O3. The van der Waals surface area contributed by atoms with Gasteiger partial charge >= 0.3 is 0 Å². The number of anilines is 1. The molecule has 0 saturated heterocycles. The second-order valence-corrected chi connectivity index (χ2v) is 6.67. The number of rotatable bonds is 7. The van der Waals surface area contributed by atoms with E-state index < -0.39 is 0 Å². The predicted molar refractivity (Wildman–Crippen MR) is 100 cm³/mol. The van der Waals surface area contributed by atoms with Crippen LogP contribution in [0.2, 0.25) is 0 Å². The Bertz CT molecular complexity index is 823. The molecule has 26 heavy (non-hydrogen) atoms. The maximum absolute atomic E-state index is 12.1. The van der Waals surface area contributed by atoms with E-state index in [1.807, 2.05) is 19.1 Å². The summed E-state index contributed by atoms with van der Waals surface area (Å²) in [4.78, 5) is 36.3. The van der Waals surface area contributed by atoms with Crippen LogP contribution in [0.25, 0.3) is 0 Å². The average molecular weight is 350 g/mol. The molecule has 1 aliphatic rings. The lowest BCUT2D eigenvalue weighted by molar-refractivity contribution is -0.116. The van der Waals surface area contributed by atoms with E-state index >= 15 is 0 Å². The Morgan fingerprint density at radius 1 is 0.962 bits per heavy atom. The van der Waals surface area contributed by atoms with Gasteiger partial charge in [-0.15, -0.1) is 0 Å². The first-order chi connectivity index (χ1) is 12.5. The molecule has 2 aromatic rings. The molecule has 0 atom stereocenters. The summed E-state index contributed by atoms with van der Waals surface area (Å²) in [6.45, 7) is 1.96. The minimum Gasteiger partial charge on any atom is -0.349 e. The molecule has 0 heterocycles. The Morgan fingerprint density at radius 2 is 1.69 bits per heavy atom. The van der Waals surface area contributed by atoms with E-state index in [9.17, 15) is 14.4 Å². The van der Waals surface area contributed by atoms with Crippen LogP contribution in [0.5, 0.6) is 0 Å². The predicted octanol–water partition coefficient (Wildman–Crippen LogP) is 3.49. The van der Waals surface area contributed by atoms with Gasteiger partial charge in [-0.25, -0.2) is 0 Å². The van der Waals surface area contributed by atoms with E-state index in [2.05, 4.69) is 10.6 Å². The van der Waals surface area contributed by atoms with Crippen LogP contribution in [0.4, 0.5) is 5.69 Å². The summed E-state index contributed by atoms with van der Waals surface area (Å²) in [5, 5.41) is 5.67. The Balaban J connectivity index is 1.52. The largest absolute Gasteiger partial charge is 0.349 e. The monoisotopic (exact) mass is 350 g/mol. The third kappa shape index (κ3) is 5.02. The van der Waals surface area contributed by atoms with Crippen LogP contribution in [-0.4, -0.2) is 23.6 Å². The summed E-state index contributed by atoms with van der Waals surface area (Å²) < 4.78 is 0. The van der Waals surface area contributed by atoms with Crippen molar-refractivity contribution in [3.63, 3.8) is 0 Å². The zero-order valence-electron chi connectivity index (χ0n) is 14.7. The number of amides is 2. The third-order valence-electron chi connectivity index (χ3n) is 4.27. The number of aryl methyl sites for hydroxylation is 1. The fraction of sp³-hybridized carbons (Fsp3) is 0.286. The lowest BCUT2D eigenvalue weighted by Gasteiger charge is -2.08. The zero-order chi connectivity index (χ0) is 18.5. The summed E-state index contributed by atoms with van der Waals surface area (Å²) in [7, 11) is 0. The van der Waals surface area contributed by atoms with Crippen molar-refractivity contribution in [3.8, 4) is 0 Å². The third-order valence-corrected chi connectivity index (χ3v) is 4.27. The van der Waals surface area contributed by atoms with Gasteiger partial charge in [0.1, 0.15) is 0 Å². The Hall–Kier alpha value is -2.95. The van der Waals surface area contributed by atoms with Crippen molar-refractivity contribution < 1.29 is 14.4 Å². The molecule has 3 rings (SSSR count). The second-order valence-electron chi connectivity index (χ2n) is 6.67. The summed E-state index contributed by atoms with van der Waals surface area (Å²) in [6, 6.07) is 14.4. The van der Waals surface area contributed by atoms with Gasteiger partial charge in [-0.2, -0.15) is 0 Å². The molecule has 0 aliphatic heterocycles. The quantitative estimate of drug-likeness (QED) is 0.751. The number of benzene rings is 2. The van der Waals surface area contributed by atoms with Crippen molar-refractivity contribution >= 4 is 23.3 Å². The minimum atomic E-state index is -0.245. The van der Waals surface area contributed by atoms with Crippen LogP contribution in [-0.2, 0) is 4.79 Å². The lowest BCUT2D eigenvalue weighted by atomic mass is 10.0. The molecule has 0 unspecified atom stereocenters. The highest BCUT2D eigenvalue weighted by Gasteiger charge is 2.23. The average Bonchev–Trinajstić information content (AvgIpc) is 3.44. The molecule has 2 N–H and O–H groups in total. The smallest absolute Gasteiger partial charge is 0.251 e. The van der Waals surface area contributed by atoms with E-state index in [1.54, 1.807) is 36.4 Å². The molecule has 1 saturated carbocycles. The Morgan fingerprint density at radius 3 is 2.38 bits per heavy atom. The molecule has 1 aliphatic carbocycles. The van der Waals surface area contributed by atoms with Gasteiger partial charge in [-0.05, 0) is 38.0 Å². The lowest BCUT2D eigenvalue weighted by Crippen LogP contribution is -2.25. The van der Waals surface area contributed by atoms with Crippen LogP contribution in [0.1, 0.15) is 52.0 Å².